The Morgan fingerprint density at radius 1 is 1.10 bits per heavy atom. The van der Waals surface area contributed by atoms with Crippen LogP contribution in [0.15, 0.2) is 48.7 Å². The van der Waals surface area contributed by atoms with E-state index in [9.17, 15) is 4.79 Å². The third-order valence-corrected chi connectivity index (χ3v) is 5.90. The summed E-state index contributed by atoms with van der Waals surface area (Å²) in [5.41, 5.74) is 1.92. The molecule has 1 amide bonds. The van der Waals surface area contributed by atoms with Crippen LogP contribution in [-0.2, 0) is 0 Å². The van der Waals surface area contributed by atoms with E-state index in [4.69, 9.17) is 5.26 Å². The van der Waals surface area contributed by atoms with Gasteiger partial charge in [0.2, 0.25) is 0 Å². The van der Waals surface area contributed by atoms with Crippen molar-refractivity contribution >= 4 is 11.7 Å². The number of pyridine rings is 1. The van der Waals surface area contributed by atoms with Crippen LogP contribution in [0.2, 0.25) is 0 Å². The summed E-state index contributed by atoms with van der Waals surface area (Å²) in [6.07, 6.45) is 2.25. The van der Waals surface area contributed by atoms with Crippen LogP contribution in [0.1, 0.15) is 28.4 Å². The molecule has 2 aliphatic heterocycles. The van der Waals surface area contributed by atoms with Gasteiger partial charge in [0.25, 0.3) is 5.91 Å². The van der Waals surface area contributed by atoms with E-state index in [1.54, 1.807) is 6.20 Å². The minimum absolute atomic E-state index is 0.0384. The second-order valence-corrected chi connectivity index (χ2v) is 7.81. The molecule has 0 spiro atoms. The Balaban J connectivity index is 1.35. The lowest BCUT2D eigenvalue weighted by Crippen LogP contribution is -2.48. The zero-order valence-corrected chi connectivity index (χ0v) is 17.2. The number of amides is 1. The molecule has 2 aliphatic rings. The first kappa shape index (κ1) is 20.3. The number of piperazine rings is 2. The van der Waals surface area contributed by atoms with Gasteiger partial charge in [-0.25, -0.2) is 4.98 Å². The average molecular weight is 405 g/mol. The van der Waals surface area contributed by atoms with E-state index in [0.717, 1.165) is 45.1 Å². The Morgan fingerprint density at radius 2 is 1.90 bits per heavy atom. The first-order chi connectivity index (χ1) is 14.7. The maximum absolute atomic E-state index is 12.8. The van der Waals surface area contributed by atoms with Gasteiger partial charge in [0.15, 0.2) is 0 Å². The van der Waals surface area contributed by atoms with Crippen LogP contribution in [-0.4, -0.2) is 73.0 Å². The zero-order valence-electron chi connectivity index (χ0n) is 17.2. The number of nitrogens with zero attached hydrogens (tertiary/aromatic N) is 5. The van der Waals surface area contributed by atoms with E-state index >= 15 is 0 Å². The van der Waals surface area contributed by atoms with Crippen LogP contribution in [0.3, 0.4) is 0 Å². The average Bonchev–Trinajstić information content (AvgIpc) is 2.83. The van der Waals surface area contributed by atoms with Gasteiger partial charge in [-0.1, -0.05) is 30.3 Å². The van der Waals surface area contributed by atoms with Crippen molar-refractivity contribution in [2.24, 2.45) is 0 Å². The third kappa shape index (κ3) is 4.78. The highest BCUT2D eigenvalue weighted by Crippen LogP contribution is 2.21. The fraction of sp³-hybridized carbons (Fsp3) is 0.435. The van der Waals surface area contributed by atoms with Crippen LogP contribution in [0.25, 0.3) is 0 Å². The Kier molecular flexibility index (Phi) is 6.57. The number of rotatable bonds is 5. The lowest BCUT2D eigenvalue weighted by molar-refractivity contribution is 0.0639. The highest BCUT2D eigenvalue weighted by Gasteiger charge is 2.24. The van der Waals surface area contributed by atoms with Crippen molar-refractivity contribution in [3.63, 3.8) is 0 Å². The van der Waals surface area contributed by atoms with Gasteiger partial charge in [-0.05, 0) is 17.7 Å². The number of carbonyl (C=O) groups is 1. The Bertz CT molecular complexity index is 871. The Hall–Kier alpha value is -2.95. The first-order valence-electron chi connectivity index (χ1n) is 10.6. The number of anilines is 1. The van der Waals surface area contributed by atoms with Crippen molar-refractivity contribution in [1.29, 1.82) is 5.26 Å². The molecular formula is C23H28N6O. The van der Waals surface area contributed by atoms with Crippen molar-refractivity contribution < 1.29 is 4.79 Å². The summed E-state index contributed by atoms with van der Waals surface area (Å²) in [5.74, 6) is 0.951. The van der Waals surface area contributed by atoms with Crippen molar-refractivity contribution in [2.45, 2.75) is 12.5 Å². The summed E-state index contributed by atoms with van der Waals surface area (Å²) in [7, 11) is 0. The van der Waals surface area contributed by atoms with Gasteiger partial charge in [0.1, 0.15) is 5.82 Å². The summed E-state index contributed by atoms with van der Waals surface area (Å²) in [4.78, 5) is 23.8. The SMILES string of the molecule is N#CCCN1CCN(C(=O)c2ccc(N3CCN[C@H](c4ccccc4)C3)nc2)CC1. The third-order valence-electron chi connectivity index (χ3n) is 5.90. The van der Waals surface area contributed by atoms with E-state index in [-0.39, 0.29) is 11.9 Å². The van der Waals surface area contributed by atoms with E-state index in [2.05, 4.69) is 50.4 Å². The van der Waals surface area contributed by atoms with Crippen molar-refractivity contribution in [1.82, 2.24) is 20.1 Å². The second-order valence-electron chi connectivity index (χ2n) is 7.81. The van der Waals surface area contributed by atoms with Gasteiger partial charge in [-0.2, -0.15) is 5.26 Å². The van der Waals surface area contributed by atoms with E-state index < -0.39 is 0 Å². The smallest absolute Gasteiger partial charge is 0.255 e. The maximum atomic E-state index is 12.8. The first-order valence-corrected chi connectivity index (χ1v) is 10.6. The van der Waals surface area contributed by atoms with E-state index in [1.807, 2.05) is 23.1 Å². The normalized spacial score (nSPS) is 20.0. The molecule has 1 aromatic carbocycles. The quantitative estimate of drug-likeness (QED) is 0.821. The van der Waals surface area contributed by atoms with E-state index in [1.165, 1.54) is 5.56 Å². The number of carbonyl (C=O) groups excluding carboxylic acids is 1. The lowest BCUT2D eigenvalue weighted by atomic mass is 10.0. The topological polar surface area (TPSA) is 75.5 Å². The largest absolute Gasteiger partial charge is 0.353 e. The molecule has 3 heterocycles. The molecule has 0 radical (unpaired) electrons. The molecule has 0 bridgehead atoms. The molecule has 30 heavy (non-hydrogen) atoms. The molecule has 2 fully saturated rings. The summed E-state index contributed by atoms with van der Waals surface area (Å²) in [6.45, 7) is 6.47. The zero-order chi connectivity index (χ0) is 20.8. The molecule has 2 saturated heterocycles. The fourth-order valence-electron chi connectivity index (χ4n) is 4.13. The van der Waals surface area contributed by atoms with Gasteiger partial charge in [-0.15, -0.1) is 0 Å². The lowest BCUT2D eigenvalue weighted by Gasteiger charge is -2.35. The maximum Gasteiger partial charge on any atom is 0.255 e. The van der Waals surface area contributed by atoms with Crippen LogP contribution in [0, 0.1) is 11.3 Å². The highest BCUT2D eigenvalue weighted by atomic mass is 16.2. The van der Waals surface area contributed by atoms with Gasteiger partial charge < -0.3 is 15.1 Å². The predicted molar refractivity (Wildman–Crippen MR) is 116 cm³/mol. The van der Waals surface area contributed by atoms with Crippen molar-refractivity contribution in [3.8, 4) is 6.07 Å². The monoisotopic (exact) mass is 404 g/mol. The number of aromatic nitrogens is 1. The summed E-state index contributed by atoms with van der Waals surface area (Å²) < 4.78 is 0. The van der Waals surface area contributed by atoms with Crippen LogP contribution in [0.5, 0.6) is 0 Å². The van der Waals surface area contributed by atoms with Gasteiger partial charge >= 0.3 is 0 Å². The minimum Gasteiger partial charge on any atom is -0.353 e. The molecule has 7 nitrogen and oxygen atoms in total. The summed E-state index contributed by atoms with van der Waals surface area (Å²) >= 11 is 0. The Morgan fingerprint density at radius 3 is 2.60 bits per heavy atom. The molecule has 4 rings (SSSR count). The molecule has 0 aliphatic carbocycles. The number of hydrogen-bond donors (Lipinski definition) is 1. The standard InChI is InChI=1S/C23H28N6O/c24-9-4-11-27-13-15-28(16-14-27)23(30)20-7-8-22(26-17-20)29-12-10-25-21(18-29)19-5-2-1-3-6-19/h1-3,5-8,17,21,25H,4,10-16,18H2/t21-/m0/s1. The molecule has 0 unspecified atom stereocenters. The van der Waals surface area contributed by atoms with E-state index in [0.29, 0.717) is 25.1 Å². The van der Waals surface area contributed by atoms with Gasteiger partial charge in [0.05, 0.1) is 11.6 Å². The van der Waals surface area contributed by atoms with Crippen LogP contribution in [0.4, 0.5) is 5.82 Å². The van der Waals surface area contributed by atoms with Crippen LogP contribution < -0.4 is 10.2 Å². The highest BCUT2D eigenvalue weighted by molar-refractivity contribution is 5.94. The van der Waals surface area contributed by atoms with Crippen LogP contribution >= 0.6 is 0 Å². The number of benzene rings is 1. The predicted octanol–water partition coefficient (Wildman–Crippen LogP) is 1.90. The number of nitriles is 1. The fourth-order valence-corrected chi connectivity index (χ4v) is 4.13. The molecule has 2 aromatic rings. The molecule has 7 heteroatoms. The van der Waals surface area contributed by atoms with Gasteiger partial charge in [0, 0.05) is 71.0 Å². The van der Waals surface area contributed by atoms with Crippen molar-refractivity contribution in [2.75, 3.05) is 57.3 Å². The molecule has 1 aromatic heterocycles. The molecule has 0 saturated carbocycles. The summed E-state index contributed by atoms with van der Waals surface area (Å²) in [5, 5.41) is 12.3. The minimum atomic E-state index is 0.0384. The Labute approximate surface area is 177 Å². The van der Waals surface area contributed by atoms with Crippen molar-refractivity contribution in [3.05, 3.63) is 59.8 Å². The van der Waals surface area contributed by atoms with Gasteiger partial charge in [-0.3, -0.25) is 9.69 Å². The number of hydrogen-bond acceptors (Lipinski definition) is 6. The molecule has 1 N–H and O–H groups in total. The molecular weight excluding hydrogens is 376 g/mol. The second kappa shape index (κ2) is 9.70. The molecule has 1 atom stereocenters. The number of nitrogens with one attached hydrogen (secondary N) is 1. The molecule has 156 valence electrons. The summed E-state index contributed by atoms with van der Waals surface area (Å²) in [6, 6.07) is 16.8.